The van der Waals surface area contributed by atoms with E-state index >= 15 is 0 Å². The van der Waals surface area contributed by atoms with E-state index < -0.39 is 0 Å². The van der Waals surface area contributed by atoms with Crippen LogP contribution in [0.5, 0.6) is 5.75 Å². The summed E-state index contributed by atoms with van der Waals surface area (Å²) in [6.45, 7) is 1.39. The lowest BCUT2D eigenvalue weighted by Crippen LogP contribution is -2.34. The second-order valence-electron chi connectivity index (χ2n) is 6.66. The fourth-order valence-corrected chi connectivity index (χ4v) is 3.43. The number of rotatable bonds is 7. The van der Waals surface area contributed by atoms with Crippen molar-refractivity contribution in [1.82, 2.24) is 10.2 Å². The van der Waals surface area contributed by atoms with Gasteiger partial charge < -0.3 is 15.0 Å². The van der Waals surface area contributed by atoms with Crippen molar-refractivity contribution in [2.75, 3.05) is 20.2 Å². The van der Waals surface area contributed by atoms with Gasteiger partial charge in [0.05, 0.1) is 13.0 Å². The van der Waals surface area contributed by atoms with Crippen LogP contribution in [-0.4, -0.2) is 36.9 Å². The van der Waals surface area contributed by atoms with E-state index in [1.165, 1.54) is 0 Å². The molecule has 2 aromatic carbocycles. The van der Waals surface area contributed by atoms with Gasteiger partial charge in [-0.1, -0.05) is 41.9 Å². The van der Waals surface area contributed by atoms with E-state index in [-0.39, 0.29) is 24.2 Å². The SMILES string of the molecule is COc1cccc(CCNC(=O)C2CC(=O)N(Cc3ccccc3Cl)C2)c1. The molecule has 1 atom stereocenters. The Kier molecular flexibility index (Phi) is 6.35. The first-order chi connectivity index (χ1) is 13.1. The van der Waals surface area contributed by atoms with Crippen molar-refractivity contribution in [3.05, 3.63) is 64.7 Å². The first-order valence-electron chi connectivity index (χ1n) is 8.98. The van der Waals surface area contributed by atoms with Crippen LogP contribution in [0.4, 0.5) is 0 Å². The van der Waals surface area contributed by atoms with Crippen molar-refractivity contribution in [2.45, 2.75) is 19.4 Å². The molecule has 1 aliphatic heterocycles. The standard InChI is InChI=1S/C21H23ClN2O3/c1-27-18-7-4-5-15(11-18)9-10-23-21(26)17-12-20(25)24(14-17)13-16-6-2-3-8-19(16)22/h2-8,11,17H,9-10,12-14H2,1H3,(H,23,26). The van der Waals surface area contributed by atoms with Gasteiger partial charge in [-0.25, -0.2) is 0 Å². The van der Waals surface area contributed by atoms with Crippen LogP contribution in [0.15, 0.2) is 48.5 Å². The summed E-state index contributed by atoms with van der Waals surface area (Å²) in [6, 6.07) is 15.2. The molecule has 2 amide bonds. The summed E-state index contributed by atoms with van der Waals surface area (Å²) >= 11 is 6.17. The molecule has 0 aliphatic carbocycles. The minimum atomic E-state index is -0.315. The molecule has 1 fully saturated rings. The molecule has 5 nitrogen and oxygen atoms in total. The van der Waals surface area contributed by atoms with E-state index in [0.717, 1.165) is 16.9 Å². The number of amides is 2. The molecule has 0 spiro atoms. The van der Waals surface area contributed by atoms with Crippen LogP contribution in [0, 0.1) is 5.92 Å². The van der Waals surface area contributed by atoms with Gasteiger partial charge in [0, 0.05) is 31.1 Å². The zero-order valence-corrected chi connectivity index (χ0v) is 16.0. The molecule has 3 rings (SSSR count). The Morgan fingerprint density at radius 2 is 2.07 bits per heavy atom. The molecule has 27 heavy (non-hydrogen) atoms. The van der Waals surface area contributed by atoms with Crippen LogP contribution in [0.2, 0.25) is 5.02 Å². The lowest BCUT2D eigenvalue weighted by molar-refractivity contribution is -0.129. The van der Waals surface area contributed by atoms with Gasteiger partial charge in [0.25, 0.3) is 0 Å². The normalized spacial score (nSPS) is 16.4. The number of hydrogen-bond donors (Lipinski definition) is 1. The van der Waals surface area contributed by atoms with Crippen molar-refractivity contribution < 1.29 is 14.3 Å². The van der Waals surface area contributed by atoms with Crippen LogP contribution >= 0.6 is 11.6 Å². The Morgan fingerprint density at radius 3 is 2.85 bits per heavy atom. The zero-order valence-electron chi connectivity index (χ0n) is 15.3. The van der Waals surface area contributed by atoms with Crippen LogP contribution in [0.1, 0.15) is 17.5 Å². The Labute approximate surface area is 164 Å². The van der Waals surface area contributed by atoms with E-state index in [9.17, 15) is 9.59 Å². The molecule has 0 bridgehead atoms. The van der Waals surface area contributed by atoms with Gasteiger partial charge in [0.2, 0.25) is 11.8 Å². The number of nitrogens with zero attached hydrogens (tertiary/aromatic N) is 1. The van der Waals surface area contributed by atoms with E-state index in [4.69, 9.17) is 16.3 Å². The number of ether oxygens (including phenoxy) is 1. The summed E-state index contributed by atoms with van der Waals surface area (Å²) in [4.78, 5) is 26.4. The van der Waals surface area contributed by atoms with E-state index in [1.807, 2.05) is 42.5 Å². The Morgan fingerprint density at radius 1 is 1.26 bits per heavy atom. The molecule has 0 aromatic heterocycles. The average Bonchev–Trinajstić information content (AvgIpc) is 3.04. The highest BCUT2D eigenvalue weighted by Crippen LogP contribution is 2.23. The number of nitrogens with one attached hydrogen (secondary N) is 1. The first-order valence-corrected chi connectivity index (χ1v) is 9.36. The molecule has 0 radical (unpaired) electrons. The molecule has 1 N–H and O–H groups in total. The second kappa shape index (κ2) is 8.91. The number of carbonyl (C=O) groups excluding carboxylic acids is 2. The first kappa shape index (κ1) is 19.2. The van der Waals surface area contributed by atoms with Gasteiger partial charge in [0.1, 0.15) is 5.75 Å². The lowest BCUT2D eigenvalue weighted by atomic mass is 10.1. The fraction of sp³-hybridized carbons (Fsp3) is 0.333. The maximum Gasteiger partial charge on any atom is 0.225 e. The quantitative estimate of drug-likeness (QED) is 0.795. The minimum Gasteiger partial charge on any atom is -0.497 e. The smallest absolute Gasteiger partial charge is 0.225 e. The van der Waals surface area contributed by atoms with Gasteiger partial charge in [-0.05, 0) is 35.7 Å². The Hall–Kier alpha value is -2.53. The van der Waals surface area contributed by atoms with Crippen molar-refractivity contribution >= 4 is 23.4 Å². The predicted molar refractivity (Wildman–Crippen MR) is 105 cm³/mol. The summed E-state index contributed by atoms with van der Waals surface area (Å²) < 4.78 is 5.20. The topological polar surface area (TPSA) is 58.6 Å². The number of benzene rings is 2. The number of likely N-dealkylation sites (tertiary alicyclic amines) is 1. The third kappa shape index (κ3) is 5.01. The van der Waals surface area contributed by atoms with Crippen molar-refractivity contribution in [3.63, 3.8) is 0 Å². The van der Waals surface area contributed by atoms with Crippen molar-refractivity contribution in [1.29, 1.82) is 0 Å². The minimum absolute atomic E-state index is 0.0112. The highest BCUT2D eigenvalue weighted by molar-refractivity contribution is 6.31. The molecule has 6 heteroatoms. The Bertz CT molecular complexity index is 825. The van der Waals surface area contributed by atoms with Crippen molar-refractivity contribution in [3.8, 4) is 5.75 Å². The molecule has 1 heterocycles. The molecule has 0 saturated carbocycles. The maximum atomic E-state index is 12.4. The molecular weight excluding hydrogens is 364 g/mol. The van der Waals surface area contributed by atoms with Crippen LogP contribution in [0.3, 0.4) is 0 Å². The summed E-state index contributed by atoms with van der Waals surface area (Å²) in [5.41, 5.74) is 1.99. The maximum absolute atomic E-state index is 12.4. The van der Waals surface area contributed by atoms with Gasteiger partial charge in [-0.2, -0.15) is 0 Å². The summed E-state index contributed by atoms with van der Waals surface area (Å²) in [6.07, 6.45) is 0.961. The monoisotopic (exact) mass is 386 g/mol. The molecule has 1 aliphatic rings. The van der Waals surface area contributed by atoms with E-state index in [0.29, 0.717) is 31.1 Å². The van der Waals surface area contributed by atoms with E-state index in [2.05, 4.69) is 5.32 Å². The predicted octanol–water partition coefficient (Wildman–Crippen LogP) is 3.06. The number of hydrogen-bond acceptors (Lipinski definition) is 3. The highest BCUT2D eigenvalue weighted by atomic mass is 35.5. The fourth-order valence-electron chi connectivity index (χ4n) is 3.24. The van der Waals surface area contributed by atoms with E-state index in [1.54, 1.807) is 18.1 Å². The van der Waals surface area contributed by atoms with Gasteiger partial charge in [0.15, 0.2) is 0 Å². The summed E-state index contributed by atoms with van der Waals surface area (Å²) in [7, 11) is 1.63. The Balaban J connectivity index is 1.49. The van der Waals surface area contributed by atoms with Crippen LogP contribution in [-0.2, 0) is 22.6 Å². The average molecular weight is 387 g/mol. The molecule has 2 aromatic rings. The van der Waals surface area contributed by atoms with Gasteiger partial charge in [-0.3, -0.25) is 9.59 Å². The van der Waals surface area contributed by atoms with Crippen molar-refractivity contribution in [2.24, 2.45) is 5.92 Å². The van der Waals surface area contributed by atoms with Gasteiger partial charge >= 0.3 is 0 Å². The number of halogens is 1. The molecule has 142 valence electrons. The lowest BCUT2D eigenvalue weighted by Gasteiger charge is -2.17. The van der Waals surface area contributed by atoms with Crippen LogP contribution in [0.25, 0.3) is 0 Å². The summed E-state index contributed by atoms with van der Waals surface area (Å²) in [5.74, 6) is 0.400. The largest absolute Gasteiger partial charge is 0.497 e. The zero-order chi connectivity index (χ0) is 19.2. The number of methoxy groups -OCH3 is 1. The second-order valence-corrected chi connectivity index (χ2v) is 7.07. The van der Waals surface area contributed by atoms with Crippen LogP contribution < -0.4 is 10.1 Å². The number of carbonyl (C=O) groups is 2. The summed E-state index contributed by atoms with van der Waals surface area (Å²) in [5, 5.41) is 3.58. The molecular formula is C21H23ClN2O3. The third-order valence-electron chi connectivity index (χ3n) is 4.75. The molecule has 1 saturated heterocycles. The third-order valence-corrected chi connectivity index (χ3v) is 5.12. The molecule has 1 unspecified atom stereocenters. The van der Waals surface area contributed by atoms with Gasteiger partial charge in [-0.15, -0.1) is 0 Å². The highest BCUT2D eigenvalue weighted by Gasteiger charge is 2.34.